The Kier molecular flexibility index (Phi) is 5.94. The number of aliphatic hydroxyl groups excluding tert-OH is 1. The first-order chi connectivity index (χ1) is 7.95. The first-order valence-electron chi connectivity index (χ1n) is 7.37. The molecule has 2 heteroatoms. The Morgan fingerprint density at radius 3 is 2.53 bits per heavy atom. The zero-order valence-electron chi connectivity index (χ0n) is 12.2. The Labute approximate surface area is 107 Å². The second kappa shape index (κ2) is 6.75. The van der Waals surface area contributed by atoms with Gasteiger partial charge in [0, 0.05) is 12.6 Å². The topological polar surface area (TPSA) is 23.5 Å². The lowest BCUT2D eigenvalue weighted by Gasteiger charge is -2.32. The van der Waals surface area contributed by atoms with E-state index < -0.39 is 0 Å². The number of nitrogens with zero attached hydrogens (tertiary/aromatic N) is 1. The van der Waals surface area contributed by atoms with E-state index >= 15 is 0 Å². The highest BCUT2D eigenvalue weighted by Gasteiger charge is 2.25. The summed E-state index contributed by atoms with van der Waals surface area (Å²) in [6.45, 7) is 11.0. The molecule has 0 amide bonds. The fourth-order valence-corrected chi connectivity index (χ4v) is 2.71. The smallest absolute Gasteiger partial charge is 0.0600 e. The summed E-state index contributed by atoms with van der Waals surface area (Å²) in [7, 11) is 0. The van der Waals surface area contributed by atoms with Crippen molar-refractivity contribution in [1.82, 2.24) is 4.90 Å². The second-order valence-corrected chi connectivity index (χ2v) is 6.62. The van der Waals surface area contributed by atoms with Crippen LogP contribution in [-0.2, 0) is 0 Å². The van der Waals surface area contributed by atoms with Gasteiger partial charge in [-0.25, -0.2) is 0 Å². The Morgan fingerprint density at radius 1 is 1.24 bits per heavy atom. The molecule has 1 N–H and O–H groups in total. The van der Waals surface area contributed by atoms with E-state index in [0.717, 1.165) is 19.0 Å². The van der Waals surface area contributed by atoms with Crippen LogP contribution in [0.5, 0.6) is 0 Å². The number of aliphatic hydroxyl groups is 1. The largest absolute Gasteiger partial charge is 0.393 e. The van der Waals surface area contributed by atoms with Gasteiger partial charge in [-0.15, -0.1) is 0 Å². The van der Waals surface area contributed by atoms with Crippen molar-refractivity contribution in [3.8, 4) is 0 Å². The summed E-state index contributed by atoms with van der Waals surface area (Å²) in [4.78, 5) is 2.61. The summed E-state index contributed by atoms with van der Waals surface area (Å²) in [5, 5.41) is 10.1. The van der Waals surface area contributed by atoms with Gasteiger partial charge in [0.15, 0.2) is 0 Å². The molecule has 1 saturated heterocycles. The standard InChI is InChI=1S/C15H31NO/c1-5-13-9-7-6-8-11-16(13)12-10-14(17)15(2,3)4/h13-14,17H,5-12H2,1-4H3. The van der Waals surface area contributed by atoms with Crippen molar-refractivity contribution in [2.45, 2.75) is 78.4 Å². The van der Waals surface area contributed by atoms with E-state index in [1.165, 1.54) is 38.6 Å². The van der Waals surface area contributed by atoms with Crippen LogP contribution in [0.1, 0.15) is 66.2 Å². The van der Waals surface area contributed by atoms with Crippen LogP contribution in [0, 0.1) is 5.41 Å². The van der Waals surface area contributed by atoms with Gasteiger partial charge < -0.3 is 10.0 Å². The molecule has 0 saturated carbocycles. The quantitative estimate of drug-likeness (QED) is 0.815. The second-order valence-electron chi connectivity index (χ2n) is 6.62. The Balaban J connectivity index is 2.42. The summed E-state index contributed by atoms with van der Waals surface area (Å²) in [6, 6.07) is 0.754. The van der Waals surface area contributed by atoms with Crippen molar-refractivity contribution in [1.29, 1.82) is 0 Å². The molecule has 0 aromatic carbocycles. The zero-order valence-corrected chi connectivity index (χ0v) is 12.2. The highest BCUT2D eigenvalue weighted by Crippen LogP contribution is 2.24. The normalized spacial score (nSPS) is 25.6. The van der Waals surface area contributed by atoms with Crippen LogP contribution in [0.2, 0.25) is 0 Å². The summed E-state index contributed by atoms with van der Waals surface area (Å²) >= 11 is 0. The van der Waals surface area contributed by atoms with Gasteiger partial charge in [-0.3, -0.25) is 0 Å². The Morgan fingerprint density at radius 2 is 1.94 bits per heavy atom. The van der Waals surface area contributed by atoms with E-state index in [9.17, 15) is 5.11 Å². The molecule has 0 aromatic rings. The number of hydrogen-bond acceptors (Lipinski definition) is 2. The highest BCUT2D eigenvalue weighted by molar-refractivity contribution is 4.78. The third-order valence-electron chi connectivity index (χ3n) is 4.16. The van der Waals surface area contributed by atoms with Gasteiger partial charge in [-0.1, -0.05) is 40.5 Å². The van der Waals surface area contributed by atoms with E-state index in [1.54, 1.807) is 0 Å². The van der Waals surface area contributed by atoms with Crippen molar-refractivity contribution in [2.24, 2.45) is 5.41 Å². The number of rotatable bonds is 4. The van der Waals surface area contributed by atoms with Crippen molar-refractivity contribution in [3.05, 3.63) is 0 Å². The predicted molar refractivity (Wildman–Crippen MR) is 74.2 cm³/mol. The van der Waals surface area contributed by atoms with Crippen molar-refractivity contribution >= 4 is 0 Å². The van der Waals surface area contributed by atoms with Crippen LogP contribution in [0.4, 0.5) is 0 Å². The minimum atomic E-state index is -0.178. The molecular formula is C15H31NO. The maximum Gasteiger partial charge on any atom is 0.0600 e. The fraction of sp³-hybridized carbons (Fsp3) is 1.00. The van der Waals surface area contributed by atoms with Gasteiger partial charge in [0.1, 0.15) is 0 Å². The molecule has 2 atom stereocenters. The molecule has 0 aromatic heterocycles. The first-order valence-corrected chi connectivity index (χ1v) is 7.37. The van der Waals surface area contributed by atoms with E-state index in [4.69, 9.17) is 0 Å². The minimum absolute atomic E-state index is 0.0214. The molecule has 2 unspecified atom stereocenters. The summed E-state index contributed by atoms with van der Waals surface area (Å²) < 4.78 is 0. The Bertz CT molecular complexity index is 209. The molecule has 17 heavy (non-hydrogen) atoms. The zero-order chi connectivity index (χ0) is 12.9. The van der Waals surface area contributed by atoms with Crippen LogP contribution in [0.15, 0.2) is 0 Å². The maximum atomic E-state index is 10.1. The monoisotopic (exact) mass is 241 g/mol. The van der Waals surface area contributed by atoms with E-state index in [0.29, 0.717) is 0 Å². The van der Waals surface area contributed by atoms with Crippen molar-refractivity contribution in [2.75, 3.05) is 13.1 Å². The van der Waals surface area contributed by atoms with Gasteiger partial charge in [0.05, 0.1) is 6.10 Å². The third kappa shape index (κ3) is 4.97. The van der Waals surface area contributed by atoms with E-state index in [-0.39, 0.29) is 11.5 Å². The van der Waals surface area contributed by atoms with Gasteiger partial charge in [-0.2, -0.15) is 0 Å². The molecule has 0 radical (unpaired) electrons. The molecule has 1 rings (SSSR count). The van der Waals surface area contributed by atoms with Gasteiger partial charge in [0.2, 0.25) is 0 Å². The average molecular weight is 241 g/mol. The van der Waals surface area contributed by atoms with Gasteiger partial charge in [0.25, 0.3) is 0 Å². The first kappa shape index (κ1) is 15.0. The number of hydrogen-bond donors (Lipinski definition) is 1. The average Bonchev–Trinajstić information content (AvgIpc) is 2.48. The molecule has 2 nitrogen and oxygen atoms in total. The van der Waals surface area contributed by atoms with E-state index in [2.05, 4.69) is 32.6 Å². The minimum Gasteiger partial charge on any atom is -0.393 e. The predicted octanol–water partition coefficient (Wildman–Crippen LogP) is 3.44. The molecule has 0 spiro atoms. The summed E-state index contributed by atoms with van der Waals surface area (Å²) in [6.07, 6.45) is 7.45. The van der Waals surface area contributed by atoms with Crippen molar-refractivity contribution in [3.63, 3.8) is 0 Å². The third-order valence-corrected chi connectivity index (χ3v) is 4.16. The van der Waals surface area contributed by atoms with E-state index in [1.807, 2.05) is 0 Å². The molecule has 0 bridgehead atoms. The van der Waals surface area contributed by atoms with Crippen LogP contribution < -0.4 is 0 Å². The lowest BCUT2D eigenvalue weighted by Crippen LogP contribution is -2.38. The number of likely N-dealkylation sites (tertiary alicyclic amines) is 1. The molecule has 1 fully saturated rings. The lowest BCUT2D eigenvalue weighted by atomic mass is 9.87. The van der Waals surface area contributed by atoms with Crippen LogP contribution in [0.3, 0.4) is 0 Å². The van der Waals surface area contributed by atoms with Crippen LogP contribution in [0.25, 0.3) is 0 Å². The lowest BCUT2D eigenvalue weighted by molar-refractivity contribution is 0.0404. The van der Waals surface area contributed by atoms with Gasteiger partial charge in [-0.05, 0) is 37.6 Å². The maximum absolute atomic E-state index is 10.1. The molecular weight excluding hydrogens is 210 g/mol. The van der Waals surface area contributed by atoms with Crippen molar-refractivity contribution < 1.29 is 5.11 Å². The molecule has 1 aliphatic rings. The van der Waals surface area contributed by atoms with Crippen LogP contribution in [-0.4, -0.2) is 35.2 Å². The molecule has 102 valence electrons. The summed E-state index contributed by atoms with van der Waals surface area (Å²) in [5.74, 6) is 0. The molecule has 1 heterocycles. The molecule has 0 aliphatic carbocycles. The van der Waals surface area contributed by atoms with Gasteiger partial charge >= 0.3 is 0 Å². The summed E-state index contributed by atoms with van der Waals surface area (Å²) in [5.41, 5.74) is 0.0214. The SMILES string of the molecule is CCC1CCCCCN1CCC(O)C(C)(C)C. The fourth-order valence-electron chi connectivity index (χ4n) is 2.71. The molecule has 1 aliphatic heterocycles. The Hall–Kier alpha value is -0.0800. The highest BCUT2D eigenvalue weighted by atomic mass is 16.3. The van der Waals surface area contributed by atoms with Crippen LogP contribution >= 0.6 is 0 Å².